The monoisotopic (exact) mass is 309 g/mol. The number of hydrogen-bond acceptors (Lipinski definition) is 6. The van der Waals surface area contributed by atoms with E-state index in [9.17, 15) is 13.2 Å². The first-order valence-corrected chi connectivity index (χ1v) is 8.37. The van der Waals surface area contributed by atoms with Crippen LogP contribution in [0.25, 0.3) is 5.65 Å². The molecular formula is C13H15N3O4S. The predicted octanol–water partition coefficient (Wildman–Crippen LogP) is 0.636. The lowest BCUT2D eigenvalue weighted by atomic mass is 10.2. The van der Waals surface area contributed by atoms with Crippen LogP contribution >= 0.6 is 0 Å². The molecule has 0 aromatic carbocycles. The summed E-state index contributed by atoms with van der Waals surface area (Å²) in [5.74, 6) is 0.158. The molecule has 8 heteroatoms. The maximum atomic E-state index is 11.9. The van der Waals surface area contributed by atoms with Gasteiger partial charge in [-0.3, -0.25) is 0 Å². The predicted molar refractivity (Wildman–Crippen MR) is 74.8 cm³/mol. The summed E-state index contributed by atoms with van der Waals surface area (Å²) < 4.78 is 29.8. The van der Waals surface area contributed by atoms with E-state index in [1.807, 2.05) is 0 Å². The smallest absolute Gasteiger partial charge is 0.356 e. The lowest BCUT2D eigenvalue weighted by molar-refractivity contribution is 0.0591. The normalized spacial score (nSPS) is 20.7. The Morgan fingerprint density at radius 2 is 2.29 bits per heavy atom. The standard InChI is InChI=1S/C13H15N3O4S/c1-20-13(17)10-5-2-6-12-14-11(15-16(10)12)8-9-4-3-7-21(9,18)19/h2,5-6,9H,3-4,7-8H2,1H3. The van der Waals surface area contributed by atoms with Crippen LogP contribution in [-0.2, 0) is 21.0 Å². The summed E-state index contributed by atoms with van der Waals surface area (Å²) in [6.07, 6.45) is 1.61. The number of carbonyl (C=O) groups is 1. The number of sulfone groups is 1. The molecular weight excluding hydrogens is 294 g/mol. The highest BCUT2D eigenvalue weighted by atomic mass is 32.2. The fourth-order valence-electron chi connectivity index (χ4n) is 2.59. The zero-order valence-corrected chi connectivity index (χ0v) is 12.3. The average Bonchev–Trinajstić information content (AvgIpc) is 3.01. The summed E-state index contributed by atoms with van der Waals surface area (Å²) in [7, 11) is -1.74. The van der Waals surface area contributed by atoms with Crippen LogP contribution in [0.3, 0.4) is 0 Å². The summed E-state index contributed by atoms with van der Waals surface area (Å²) >= 11 is 0. The van der Waals surface area contributed by atoms with E-state index in [1.165, 1.54) is 11.6 Å². The average molecular weight is 309 g/mol. The number of rotatable bonds is 3. The van der Waals surface area contributed by atoms with E-state index in [4.69, 9.17) is 4.74 Å². The second kappa shape index (κ2) is 5.10. The van der Waals surface area contributed by atoms with Crippen LogP contribution in [0.15, 0.2) is 18.2 Å². The van der Waals surface area contributed by atoms with Gasteiger partial charge in [-0.1, -0.05) is 6.07 Å². The van der Waals surface area contributed by atoms with Gasteiger partial charge in [0.05, 0.1) is 18.1 Å². The van der Waals surface area contributed by atoms with Gasteiger partial charge in [0.2, 0.25) is 0 Å². The molecule has 2 aromatic heterocycles. The first-order valence-electron chi connectivity index (χ1n) is 6.66. The zero-order chi connectivity index (χ0) is 15.0. The van der Waals surface area contributed by atoms with Crippen molar-refractivity contribution in [1.82, 2.24) is 14.6 Å². The van der Waals surface area contributed by atoms with Crippen molar-refractivity contribution >= 4 is 21.5 Å². The molecule has 2 aromatic rings. The van der Waals surface area contributed by atoms with Crippen molar-refractivity contribution in [3.63, 3.8) is 0 Å². The minimum Gasteiger partial charge on any atom is -0.464 e. The Morgan fingerprint density at radius 3 is 2.95 bits per heavy atom. The first kappa shape index (κ1) is 14.0. The highest BCUT2D eigenvalue weighted by Gasteiger charge is 2.32. The Morgan fingerprint density at radius 1 is 1.48 bits per heavy atom. The number of aromatic nitrogens is 3. The van der Waals surface area contributed by atoms with Crippen LogP contribution < -0.4 is 0 Å². The van der Waals surface area contributed by atoms with Gasteiger partial charge in [-0.2, -0.15) is 5.10 Å². The van der Waals surface area contributed by atoms with Gasteiger partial charge in [0.25, 0.3) is 0 Å². The van der Waals surface area contributed by atoms with Crippen LogP contribution in [0.1, 0.15) is 29.2 Å². The van der Waals surface area contributed by atoms with Crippen molar-refractivity contribution in [1.29, 1.82) is 0 Å². The molecule has 1 unspecified atom stereocenters. The molecule has 3 rings (SSSR count). The van der Waals surface area contributed by atoms with Crippen LogP contribution in [0.4, 0.5) is 0 Å². The molecule has 0 aliphatic carbocycles. The molecule has 0 N–H and O–H groups in total. The van der Waals surface area contributed by atoms with E-state index in [2.05, 4.69) is 10.1 Å². The third kappa shape index (κ3) is 2.51. The molecule has 1 fully saturated rings. The van der Waals surface area contributed by atoms with Gasteiger partial charge in [-0.05, 0) is 25.0 Å². The quantitative estimate of drug-likeness (QED) is 0.773. The SMILES string of the molecule is COC(=O)c1cccc2nc(CC3CCCS3(=O)=O)nn12. The zero-order valence-electron chi connectivity index (χ0n) is 11.5. The number of fused-ring (bicyclic) bond motifs is 1. The maximum Gasteiger partial charge on any atom is 0.356 e. The molecule has 1 saturated heterocycles. The second-order valence-corrected chi connectivity index (χ2v) is 7.44. The molecule has 0 radical (unpaired) electrons. The topological polar surface area (TPSA) is 90.6 Å². The molecule has 0 saturated carbocycles. The lowest BCUT2D eigenvalue weighted by Gasteiger charge is -2.05. The van der Waals surface area contributed by atoms with Crippen molar-refractivity contribution in [3.8, 4) is 0 Å². The molecule has 21 heavy (non-hydrogen) atoms. The lowest BCUT2D eigenvalue weighted by Crippen LogP contribution is -2.19. The number of nitrogens with zero attached hydrogens (tertiary/aromatic N) is 3. The molecule has 3 heterocycles. The van der Waals surface area contributed by atoms with Gasteiger partial charge in [0, 0.05) is 6.42 Å². The number of carbonyl (C=O) groups excluding carboxylic acids is 1. The fraction of sp³-hybridized carbons (Fsp3) is 0.462. The van der Waals surface area contributed by atoms with E-state index < -0.39 is 21.1 Å². The second-order valence-electron chi connectivity index (χ2n) is 5.04. The van der Waals surface area contributed by atoms with Gasteiger partial charge >= 0.3 is 5.97 Å². The van der Waals surface area contributed by atoms with E-state index in [-0.39, 0.29) is 17.9 Å². The number of ether oxygens (including phenoxy) is 1. The van der Waals surface area contributed by atoms with Gasteiger partial charge in [0.15, 0.2) is 27.0 Å². The van der Waals surface area contributed by atoms with Crippen molar-refractivity contribution in [2.24, 2.45) is 0 Å². The minimum atomic E-state index is -3.03. The van der Waals surface area contributed by atoms with Gasteiger partial charge in [0.1, 0.15) is 0 Å². The molecule has 0 bridgehead atoms. The van der Waals surface area contributed by atoms with Gasteiger partial charge < -0.3 is 4.74 Å². The molecule has 0 spiro atoms. The number of methoxy groups -OCH3 is 1. The summed E-state index contributed by atoms with van der Waals surface area (Å²) in [6.45, 7) is 0. The van der Waals surface area contributed by atoms with Crippen LogP contribution in [0, 0.1) is 0 Å². The number of pyridine rings is 1. The molecule has 1 aliphatic rings. The summed E-state index contributed by atoms with van der Waals surface area (Å²) in [6, 6.07) is 4.99. The van der Waals surface area contributed by atoms with Gasteiger partial charge in [-0.25, -0.2) is 22.7 Å². The first-order chi connectivity index (χ1) is 10.0. The Labute approximate surface area is 121 Å². The molecule has 7 nitrogen and oxygen atoms in total. The molecule has 1 atom stereocenters. The Balaban J connectivity index is 1.96. The van der Waals surface area contributed by atoms with Crippen molar-refractivity contribution in [2.75, 3.05) is 12.9 Å². The third-order valence-electron chi connectivity index (χ3n) is 3.67. The molecule has 112 valence electrons. The largest absolute Gasteiger partial charge is 0.464 e. The highest BCUT2D eigenvalue weighted by Crippen LogP contribution is 2.23. The Hall–Kier alpha value is -1.96. The van der Waals surface area contributed by atoms with E-state index in [0.717, 1.165) is 0 Å². The summed E-state index contributed by atoms with van der Waals surface area (Å²) in [5.41, 5.74) is 0.770. The van der Waals surface area contributed by atoms with Crippen LogP contribution in [0.5, 0.6) is 0 Å². The van der Waals surface area contributed by atoms with Crippen molar-refractivity contribution < 1.29 is 17.9 Å². The molecule has 1 aliphatic heterocycles. The third-order valence-corrected chi connectivity index (χ3v) is 5.95. The number of hydrogen-bond donors (Lipinski definition) is 0. The number of esters is 1. The van der Waals surface area contributed by atoms with Crippen molar-refractivity contribution in [2.45, 2.75) is 24.5 Å². The van der Waals surface area contributed by atoms with E-state index >= 15 is 0 Å². The summed E-state index contributed by atoms with van der Waals surface area (Å²) in [5, 5.41) is 3.83. The van der Waals surface area contributed by atoms with E-state index in [1.54, 1.807) is 18.2 Å². The summed E-state index contributed by atoms with van der Waals surface area (Å²) in [4.78, 5) is 16.0. The van der Waals surface area contributed by atoms with E-state index in [0.29, 0.717) is 24.3 Å². The highest BCUT2D eigenvalue weighted by molar-refractivity contribution is 7.92. The molecule has 0 amide bonds. The maximum absolute atomic E-state index is 11.9. The fourth-order valence-corrected chi connectivity index (χ4v) is 4.42. The minimum absolute atomic E-state index is 0.235. The van der Waals surface area contributed by atoms with Crippen molar-refractivity contribution in [3.05, 3.63) is 29.7 Å². The van der Waals surface area contributed by atoms with Crippen LogP contribution in [0.2, 0.25) is 0 Å². The van der Waals surface area contributed by atoms with Gasteiger partial charge in [-0.15, -0.1) is 0 Å². The van der Waals surface area contributed by atoms with Crippen LogP contribution in [-0.4, -0.2) is 47.1 Å². The Bertz CT molecular complexity index is 797. The Kier molecular flexibility index (Phi) is 3.40.